The Morgan fingerprint density at radius 3 is 2.85 bits per heavy atom. The van der Waals surface area contributed by atoms with E-state index in [4.69, 9.17) is 5.73 Å². The van der Waals surface area contributed by atoms with Gasteiger partial charge in [-0.2, -0.15) is 0 Å². The topological polar surface area (TPSA) is 38.0 Å². The van der Waals surface area contributed by atoms with Gasteiger partial charge in [0.05, 0.1) is 0 Å². The van der Waals surface area contributed by atoms with Crippen molar-refractivity contribution in [1.82, 2.24) is 5.32 Å². The fourth-order valence-corrected chi connectivity index (χ4v) is 1.20. The third kappa shape index (κ3) is 3.13. The summed E-state index contributed by atoms with van der Waals surface area (Å²) in [6.07, 6.45) is 0.887. The van der Waals surface area contributed by atoms with E-state index in [2.05, 4.69) is 5.32 Å². The predicted octanol–water partition coefficient (Wildman–Crippen LogP) is 1.18. The molecular formula is C10H15FN2. The van der Waals surface area contributed by atoms with Gasteiger partial charge >= 0.3 is 0 Å². The minimum atomic E-state index is -0.143. The van der Waals surface area contributed by atoms with E-state index >= 15 is 0 Å². The molecule has 0 saturated heterocycles. The second kappa shape index (κ2) is 4.94. The Hall–Kier alpha value is -0.930. The van der Waals surface area contributed by atoms with Crippen molar-refractivity contribution in [1.29, 1.82) is 0 Å². The number of nitrogens with two attached hydrogens (primary N) is 1. The summed E-state index contributed by atoms with van der Waals surface area (Å²) < 4.78 is 12.9. The van der Waals surface area contributed by atoms with Crippen LogP contribution in [0.1, 0.15) is 11.1 Å². The largest absolute Gasteiger partial charge is 0.318 e. The molecule has 0 aliphatic heterocycles. The number of benzene rings is 1. The summed E-state index contributed by atoms with van der Waals surface area (Å²) in [5, 5.41) is 3.01. The van der Waals surface area contributed by atoms with Gasteiger partial charge in [0.15, 0.2) is 0 Å². The van der Waals surface area contributed by atoms with Crippen molar-refractivity contribution in [2.75, 3.05) is 13.2 Å². The quantitative estimate of drug-likeness (QED) is 0.542. The van der Waals surface area contributed by atoms with Crippen LogP contribution >= 0.6 is 0 Å². The van der Waals surface area contributed by atoms with Crippen LogP contribution in [0.15, 0.2) is 18.2 Å². The van der Waals surface area contributed by atoms with Crippen LogP contribution in [0.4, 0.5) is 4.39 Å². The lowest BCUT2D eigenvalue weighted by atomic mass is 10.1. The maximum Gasteiger partial charge on any atom is 0.126 e. The Labute approximate surface area is 77.9 Å². The first kappa shape index (κ1) is 10.2. The number of rotatable bonds is 4. The van der Waals surface area contributed by atoms with E-state index in [1.54, 1.807) is 13.0 Å². The minimum Gasteiger partial charge on any atom is -0.318 e. The molecule has 3 heteroatoms. The van der Waals surface area contributed by atoms with Crippen molar-refractivity contribution >= 4 is 0 Å². The molecule has 1 aromatic rings. The first-order valence-corrected chi connectivity index (χ1v) is 4.40. The Kier molecular flexibility index (Phi) is 3.86. The lowest BCUT2D eigenvalue weighted by Gasteiger charge is -2.03. The maximum atomic E-state index is 12.9. The monoisotopic (exact) mass is 182 g/mol. The summed E-state index contributed by atoms with van der Waals surface area (Å²) in [5.41, 5.74) is 7.11. The normalized spacial score (nSPS) is 10.4. The number of hydrogen-bond donors (Lipinski definition) is 2. The van der Waals surface area contributed by atoms with E-state index < -0.39 is 0 Å². The number of aryl methyl sites for hydroxylation is 1. The van der Waals surface area contributed by atoms with Crippen LogP contribution in [0.25, 0.3) is 0 Å². The highest BCUT2D eigenvalue weighted by Gasteiger charge is 1.98. The van der Waals surface area contributed by atoms with Gasteiger partial charge in [-0.15, -0.1) is 0 Å². The molecule has 0 radical (unpaired) electrons. The Morgan fingerprint density at radius 1 is 1.46 bits per heavy atom. The third-order valence-corrected chi connectivity index (χ3v) is 1.96. The third-order valence-electron chi connectivity index (χ3n) is 1.96. The van der Waals surface area contributed by atoms with Crippen molar-refractivity contribution in [2.24, 2.45) is 5.73 Å². The molecule has 0 saturated carbocycles. The highest BCUT2D eigenvalue weighted by Crippen LogP contribution is 2.09. The van der Waals surface area contributed by atoms with Crippen molar-refractivity contribution in [3.8, 4) is 0 Å². The molecule has 0 amide bonds. The summed E-state index contributed by atoms with van der Waals surface area (Å²) in [6, 6.07) is 5.18. The molecule has 0 aromatic heterocycles. The molecular weight excluding hydrogens is 167 g/mol. The van der Waals surface area contributed by atoms with Gasteiger partial charge in [0.25, 0.3) is 0 Å². The van der Waals surface area contributed by atoms with E-state index in [1.807, 2.05) is 6.07 Å². The summed E-state index contributed by atoms with van der Waals surface area (Å²) in [7, 11) is 0. The molecule has 0 bridgehead atoms. The number of halogens is 1. The second-order valence-corrected chi connectivity index (χ2v) is 3.04. The lowest BCUT2D eigenvalue weighted by molar-refractivity contribution is 0.616. The average molecular weight is 182 g/mol. The zero-order valence-corrected chi connectivity index (χ0v) is 7.81. The van der Waals surface area contributed by atoms with Gasteiger partial charge in [0.2, 0.25) is 0 Å². The molecule has 0 aliphatic carbocycles. The summed E-state index contributed by atoms with van der Waals surface area (Å²) in [6.45, 7) is 3.09. The van der Waals surface area contributed by atoms with Gasteiger partial charge in [-0.1, -0.05) is 12.1 Å². The highest BCUT2D eigenvalue weighted by molar-refractivity contribution is 5.24. The minimum absolute atomic E-state index is 0.143. The highest BCUT2D eigenvalue weighted by atomic mass is 19.1. The second-order valence-electron chi connectivity index (χ2n) is 3.04. The fraction of sp³-hybridized carbons (Fsp3) is 0.400. The van der Waals surface area contributed by atoms with Crippen molar-refractivity contribution < 1.29 is 4.39 Å². The molecule has 13 heavy (non-hydrogen) atoms. The van der Waals surface area contributed by atoms with Crippen LogP contribution in [0, 0.1) is 12.7 Å². The van der Waals surface area contributed by atoms with Gasteiger partial charge in [0, 0.05) is 13.2 Å². The van der Waals surface area contributed by atoms with Crippen molar-refractivity contribution in [3.63, 3.8) is 0 Å². The van der Waals surface area contributed by atoms with Gasteiger partial charge < -0.3 is 11.1 Å². The molecule has 0 fully saturated rings. The molecule has 0 spiro atoms. The molecule has 1 aromatic carbocycles. The van der Waals surface area contributed by atoms with Gasteiger partial charge in [-0.05, 0) is 30.5 Å². The first-order chi connectivity index (χ1) is 6.24. The van der Waals surface area contributed by atoms with E-state index in [0.717, 1.165) is 18.5 Å². The zero-order valence-electron chi connectivity index (χ0n) is 7.81. The van der Waals surface area contributed by atoms with Crippen LogP contribution < -0.4 is 11.1 Å². The smallest absolute Gasteiger partial charge is 0.126 e. The molecule has 0 heterocycles. The molecule has 0 aliphatic rings. The molecule has 0 unspecified atom stereocenters. The molecule has 2 nitrogen and oxygen atoms in total. The molecule has 72 valence electrons. The zero-order chi connectivity index (χ0) is 9.68. The maximum absolute atomic E-state index is 12.9. The Balaban J connectivity index is 2.53. The molecule has 3 N–H and O–H groups in total. The summed E-state index contributed by atoms with van der Waals surface area (Å²) in [5.74, 6) is -0.143. The van der Waals surface area contributed by atoms with Gasteiger partial charge in [0.1, 0.15) is 5.82 Å². The van der Waals surface area contributed by atoms with Crippen molar-refractivity contribution in [2.45, 2.75) is 13.3 Å². The Morgan fingerprint density at radius 2 is 2.23 bits per heavy atom. The average Bonchev–Trinajstić information content (AvgIpc) is 2.12. The Bertz CT molecular complexity index is 274. The van der Waals surface area contributed by atoms with E-state index in [0.29, 0.717) is 12.2 Å². The van der Waals surface area contributed by atoms with Crippen molar-refractivity contribution in [3.05, 3.63) is 35.1 Å². The van der Waals surface area contributed by atoms with Crippen LogP contribution in [0.5, 0.6) is 0 Å². The SMILES string of the molecule is Cc1cc(CCNCN)ccc1F. The van der Waals surface area contributed by atoms with E-state index in [9.17, 15) is 4.39 Å². The standard InChI is InChI=1S/C10H15FN2/c1-8-6-9(2-3-10(8)11)4-5-13-7-12/h2-3,6,13H,4-5,7,12H2,1H3. The van der Waals surface area contributed by atoms with E-state index in [1.165, 1.54) is 6.07 Å². The summed E-state index contributed by atoms with van der Waals surface area (Å²) >= 11 is 0. The van der Waals surface area contributed by atoms with Crippen LogP contribution in [0.2, 0.25) is 0 Å². The lowest BCUT2D eigenvalue weighted by Crippen LogP contribution is -2.24. The number of nitrogens with one attached hydrogen (secondary N) is 1. The summed E-state index contributed by atoms with van der Waals surface area (Å²) in [4.78, 5) is 0. The molecule has 1 rings (SSSR count). The van der Waals surface area contributed by atoms with Crippen LogP contribution in [0.3, 0.4) is 0 Å². The van der Waals surface area contributed by atoms with Crippen LogP contribution in [-0.2, 0) is 6.42 Å². The number of hydrogen-bond acceptors (Lipinski definition) is 2. The fourth-order valence-electron chi connectivity index (χ4n) is 1.20. The van der Waals surface area contributed by atoms with E-state index in [-0.39, 0.29) is 5.82 Å². The molecule has 0 atom stereocenters. The predicted molar refractivity (Wildman–Crippen MR) is 51.9 cm³/mol. The van der Waals surface area contributed by atoms with Crippen LogP contribution in [-0.4, -0.2) is 13.2 Å². The van der Waals surface area contributed by atoms with Gasteiger partial charge in [-0.25, -0.2) is 4.39 Å². The first-order valence-electron chi connectivity index (χ1n) is 4.40. The van der Waals surface area contributed by atoms with Gasteiger partial charge in [-0.3, -0.25) is 0 Å².